The summed E-state index contributed by atoms with van der Waals surface area (Å²) in [7, 11) is 0. The first-order valence-electron chi connectivity index (χ1n) is 6.65. The molecule has 1 fully saturated rings. The van der Waals surface area contributed by atoms with Gasteiger partial charge < -0.3 is 10.4 Å². The minimum atomic E-state index is -4.38. The summed E-state index contributed by atoms with van der Waals surface area (Å²) in [5, 5.41) is 11.2. The third-order valence-electron chi connectivity index (χ3n) is 3.20. The molecule has 8 heteroatoms. The Kier molecular flexibility index (Phi) is 6.22. The van der Waals surface area contributed by atoms with Crippen LogP contribution in [-0.4, -0.2) is 78.4 Å². The molecule has 0 unspecified atom stereocenters. The Bertz CT molecular complexity index is 324. The predicted octanol–water partition coefficient (Wildman–Crippen LogP) is 0.0518. The first-order chi connectivity index (χ1) is 9.17. The topological polar surface area (TPSA) is 55.8 Å². The number of nitrogens with zero attached hydrogens (tertiary/aromatic N) is 2. The number of halogens is 3. The van der Waals surface area contributed by atoms with E-state index in [1.165, 1.54) is 0 Å². The molecule has 1 aliphatic rings. The Hall–Kier alpha value is -0.860. The second-order valence-corrected chi connectivity index (χ2v) is 5.32. The molecular formula is C12H22F3N3O2. The lowest BCUT2D eigenvalue weighted by Gasteiger charge is -2.40. The van der Waals surface area contributed by atoms with Crippen LogP contribution in [0, 0.1) is 0 Å². The smallest absolute Gasteiger partial charge is 0.392 e. The number of amides is 1. The summed E-state index contributed by atoms with van der Waals surface area (Å²) in [6, 6.07) is 0.161. The lowest BCUT2D eigenvalue weighted by Crippen LogP contribution is -2.55. The molecule has 1 amide bonds. The van der Waals surface area contributed by atoms with Gasteiger partial charge in [0.25, 0.3) is 0 Å². The maximum absolute atomic E-state index is 12.0. The van der Waals surface area contributed by atoms with Crippen LogP contribution in [0.1, 0.15) is 13.8 Å². The minimum Gasteiger partial charge on any atom is -0.392 e. The zero-order chi connectivity index (χ0) is 15.3. The van der Waals surface area contributed by atoms with Crippen LogP contribution in [0.2, 0.25) is 0 Å². The summed E-state index contributed by atoms with van der Waals surface area (Å²) >= 11 is 0. The van der Waals surface area contributed by atoms with Crippen LogP contribution in [0.25, 0.3) is 0 Å². The minimum absolute atomic E-state index is 0.0249. The molecule has 0 aromatic rings. The van der Waals surface area contributed by atoms with Gasteiger partial charge in [-0.1, -0.05) is 0 Å². The monoisotopic (exact) mass is 297 g/mol. The highest BCUT2D eigenvalue weighted by atomic mass is 19.4. The molecule has 0 bridgehead atoms. The number of carbonyl (C=O) groups is 1. The van der Waals surface area contributed by atoms with E-state index in [1.54, 1.807) is 6.92 Å². The Morgan fingerprint density at radius 1 is 1.45 bits per heavy atom. The highest BCUT2D eigenvalue weighted by Crippen LogP contribution is 2.12. The highest BCUT2D eigenvalue weighted by Gasteiger charge is 2.29. The van der Waals surface area contributed by atoms with Crippen molar-refractivity contribution in [3.8, 4) is 0 Å². The van der Waals surface area contributed by atoms with E-state index < -0.39 is 24.7 Å². The van der Waals surface area contributed by atoms with Crippen LogP contribution in [-0.2, 0) is 4.79 Å². The number of β-amino-alcohol motifs (C(OH)–C–C–N with tert-alkyl or cyclic N) is 1. The van der Waals surface area contributed by atoms with Gasteiger partial charge >= 0.3 is 6.18 Å². The lowest BCUT2D eigenvalue weighted by molar-refractivity contribution is -0.139. The summed E-state index contributed by atoms with van der Waals surface area (Å²) in [5.74, 6) is -0.612. The van der Waals surface area contributed by atoms with E-state index in [0.29, 0.717) is 26.2 Å². The highest BCUT2D eigenvalue weighted by molar-refractivity contribution is 5.78. The molecule has 0 aromatic heterocycles. The van der Waals surface area contributed by atoms with Gasteiger partial charge in [0.15, 0.2) is 0 Å². The van der Waals surface area contributed by atoms with Crippen molar-refractivity contribution in [2.75, 3.05) is 39.3 Å². The summed E-state index contributed by atoms with van der Waals surface area (Å²) in [6.45, 7) is 4.84. The molecule has 1 aliphatic heterocycles. The van der Waals surface area contributed by atoms with Crippen molar-refractivity contribution in [2.24, 2.45) is 0 Å². The Morgan fingerprint density at radius 2 is 2.10 bits per heavy atom. The summed E-state index contributed by atoms with van der Waals surface area (Å²) < 4.78 is 35.9. The molecule has 20 heavy (non-hydrogen) atoms. The van der Waals surface area contributed by atoms with E-state index in [0.717, 1.165) is 0 Å². The van der Waals surface area contributed by atoms with Crippen molar-refractivity contribution in [3.05, 3.63) is 0 Å². The standard InChI is InChI=1S/C12H22F3N3O2/c1-9-5-17(3-4-18(9)6-10(2)19)7-11(20)16-8-12(13,14)15/h9-10,19H,3-8H2,1-2H3,(H,16,20)/t9-,10-/m0/s1. The average molecular weight is 297 g/mol. The number of aliphatic hydroxyl groups is 1. The third kappa shape index (κ3) is 6.53. The van der Waals surface area contributed by atoms with E-state index in [-0.39, 0.29) is 12.6 Å². The molecule has 118 valence electrons. The van der Waals surface area contributed by atoms with Gasteiger partial charge in [0.2, 0.25) is 5.91 Å². The van der Waals surface area contributed by atoms with Crippen molar-refractivity contribution in [1.82, 2.24) is 15.1 Å². The number of nitrogens with one attached hydrogen (secondary N) is 1. The molecule has 0 aliphatic carbocycles. The first-order valence-corrected chi connectivity index (χ1v) is 6.65. The number of hydrogen-bond acceptors (Lipinski definition) is 4. The predicted molar refractivity (Wildman–Crippen MR) is 68.2 cm³/mol. The average Bonchev–Trinajstić information content (AvgIpc) is 2.29. The lowest BCUT2D eigenvalue weighted by atomic mass is 10.1. The van der Waals surface area contributed by atoms with Gasteiger partial charge in [-0.15, -0.1) is 0 Å². The van der Waals surface area contributed by atoms with Crippen LogP contribution in [0.3, 0.4) is 0 Å². The number of alkyl halides is 3. The Morgan fingerprint density at radius 3 is 2.60 bits per heavy atom. The normalized spacial score (nSPS) is 23.6. The SMILES string of the molecule is C[C@H](O)CN1CCN(CC(=O)NCC(F)(F)F)C[C@@H]1C. The fraction of sp³-hybridized carbons (Fsp3) is 0.917. The van der Waals surface area contributed by atoms with Crippen molar-refractivity contribution < 1.29 is 23.1 Å². The van der Waals surface area contributed by atoms with Crippen LogP contribution >= 0.6 is 0 Å². The van der Waals surface area contributed by atoms with E-state index in [4.69, 9.17) is 0 Å². The molecule has 0 spiro atoms. The summed E-state index contributed by atoms with van der Waals surface area (Å²) in [6.07, 6.45) is -4.79. The van der Waals surface area contributed by atoms with Crippen LogP contribution in [0.15, 0.2) is 0 Å². The quantitative estimate of drug-likeness (QED) is 0.753. The molecule has 0 aromatic carbocycles. The van der Waals surface area contributed by atoms with Crippen LogP contribution < -0.4 is 5.32 Å². The second kappa shape index (κ2) is 7.24. The fourth-order valence-electron chi connectivity index (χ4n) is 2.28. The third-order valence-corrected chi connectivity index (χ3v) is 3.20. The van der Waals surface area contributed by atoms with Gasteiger partial charge in [-0.3, -0.25) is 14.6 Å². The Balaban J connectivity index is 2.31. The van der Waals surface area contributed by atoms with Gasteiger partial charge in [-0.2, -0.15) is 13.2 Å². The fourth-order valence-corrected chi connectivity index (χ4v) is 2.28. The first kappa shape index (κ1) is 17.2. The maximum atomic E-state index is 12.0. The number of carbonyl (C=O) groups excluding carboxylic acids is 1. The zero-order valence-electron chi connectivity index (χ0n) is 11.8. The van der Waals surface area contributed by atoms with Gasteiger partial charge in [-0.25, -0.2) is 0 Å². The summed E-state index contributed by atoms with van der Waals surface area (Å²) in [4.78, 5) is 15.4. The number of piperazine rings is 1. The maximum Gasteiger partial charge on any atom is 0.405 e. The number of hydrogen-bond donors (Lipinski definition) is 2. The molecule has 2 atom stereocenters. The molecule has 1 heterocycles. The molecule has 1 saturated heterocycles. The van der Waals surface area contributed by atoms with E-state index >= 15 is 0 Å². The van der Waals surface area contributed by atoms with E-state index in [9.17, 15) is 23.1 Å². The number of aliphatic hydroxyl groups excluding tert-OH is 1. The molecule has 0 radical (unpaired) electrons. The van der Waals surface area contributed by atoms with Gasteiger partial charge in [0.05, 0.1) is 12.6 Å². The largest absolute Gasteiger partial charge is 0.405 e. The van der Waals surface area contributed by atoms with Crippen LogP contribution in [0.5, 0.6) is 0 Å². The molecule has 0 saturated carbocycles. The Labute approximate surface area is 116 Å². The summed E-state index contributed by atoms with van der Waals surface area (Å²) in [5.41, 5.74) is 0. The second-order valence-electron chi connectivity index (χ2n) is 5.32. The van der Waals surface area contributed by atoms with Crippen molar-refractivity contribution in [1.29, 1.82) is 0 Å². The van der Waals surface area contributed by atoms with E-state index in [2.05, 4.69) is 4.90 Å². The zero-order valence-corrected chi connectivity index (χ0v) is 11.8. The van der Waals surface area contributed by atoms with Crippen molar-refractivity contribution >= 4 is 5.91 Å². The molecule has 2 N–H and O–H groups in total. The molecule has 1 rings (SSSR count). The van der Waals surface area contributed by atoms with Gasteiger partial charge in [-0.05, 0) is 13.8 Å². The van der Waals surface area contributed by atoms with E-state index in [1.807, 2.05) is 17.1 Å². The van der Waals surface area contributed by atoms with Crippen LogP contribution in [0.4, 0.5) is 13.2 Å². The van der Waals surface area contributed by atoms with Crippen molar-refractivity contribution in [2.45, 2.75) is 32.2 Å². The van der Waals surface area contributed by atoms with Gasteiger partial charge in [0.1, 0.15) is 6.54 Å². The number of rotatable bonds is 5. The molecule has 5 nitrogen and oxygen atoms in total. The molecular weight excluding hydrogens is 275 g/mol. The van der Waals surface area contributed by atoms with Gasteiger partial charge in [0, 0.05) is 32.2 Å². The van der Waals surface area contributed by atoms with Crippen molar-refractivity contribution in [3.63, 3.8) is 0 Å².